The third-order valence-electron chi connectivity index (χ3n) is 10.6. The Labute approximate surface area is 460 Å². The van der Waals surface area contributed by atoms with Gasteiger partial charge in [-0.1, -0.05) is 161 Å². The van der Waals surface area contributed by atoms with Crippen molar-refractivity contribution in [3.8, 4) is 67.2 Å². The van der Waals surface area contributed by atoms with Crippen LogP contribution in [0.15, 0.2) is 151 Å². The van der Waals surface area contributed by atoms with E-state index in [4.69, 9.17) is 13.9 Å². The molecule has 0 saturated carbocycles. The molecule has 0 aliphatic carbocycles. The van der Waals surface area contributed by atoms with Crippen LogP contribution < -0.4 is 0 Å². The molecule has 408 valence electrons. The van der Waals surface area contributed by atoms with Crippen molar-refractivity contribution in [3.05, 3.63) is 169 Å². The molecule has 10 heteroatoms. The van der Waals surface area contributed by atoms with Crippen molar-refractivity contribution in [1.82, 2.24) is 0 Å². The Morgan fingerprint density at radius 1 is 0.461 bits per heavy atom. The van der Waals surface area contributed by atoms with E-state index in [1.54, 1.807) is 28.4 Å². The Morgan fingerprint density at radius 2 is 0.803 bits per heavy atom. The zero-order valence-corrected chi connectivity index (χ0v) is 47.9. The second kappa shape index (κ2) is 44.5. The van der Waals surface area contributed by atoms with Gasteiger partial charge >= 0.3 is 11.9 Å². The first-order valence-electron chi connectivity index (χ1n) is 25.9. The van der Waals surface area contributed by atoms with Crippen LogP contribution in [0.4, 0.5) is 0 Å². The van der Waals surface area contributed by atoms with Crippen molar-refractivity contribution in [3.63, 3.8) is 0 Å². The number of carbonyl (C=O) groups excluding carboxylic acids is 2. The smallest absolute Gasteiger partial charge is 0.330 e. The summed E-state index contributed by atoms with van der Waals surface area (Å²) in [7, 11) is 6.60. The second-order valence-electron chi connectivity index (χ2n) is 16.8. The molecule has 6 rings (SSSR count). The third kappa shape index (κ3) is 31.2. The quantitative estimate of drug-likeness (QED) is 0.0285. The molecule has 0 fully saturated rings. The lowest BCUT2D eigenvalue weighted by Crippen LogP contribution is -2.06. The summed E-state index contributed by atoms with van der Waals surface area (Å²) < 4.78 is 34.1. The molecule has 6 aromatic rings. The maximum atomic E-state index is 10.3. The Bertz CT molecular complexity index is 2370. The molecule has 2 aromatic heterocycles. The second-order valence-corrected chi connectivity index (χ2v) is 17.9. The summed E-state index contributed by atoms with van der Waals surface area (Å²) in [5.74, 6) is 12.9. The summed E-state index contributed by atoms with van der Waals surface area (Å²) in [6.45, 7) is 22.1. The van der Waals surface area contributed by atoms with Crippen molar-refractivity contribution in [1.29, 1.82) is 0 Å². The van der Waals surface area contributed by atoms with Crippen LogP contribution >= 0.6 is 11.3 Å². The molecule has 0 atom stereocenters. The third-order valence-corrected chi connectivity index (χ3v) is 11.7. The van der Waals surface area contributed by atoms with E-state index >= 15 is 0 Å². The highest BCUT2D eigenvalue weighted by molar-refractivity contribution is 7.18. The fraction of sp³-hybridized carbons (Fsp3) is 0.364. The number of rotatable bonds is 22. The van der Waals surface area contributed by atoms with Gasteiger partial charge in [0.15, 0.2) is 0 Å². The maximum Gasteiger partial charge on any atom is 0.330 e. The lowest BCUT2D eigenvalue weighted by Gasteiger charge is -1.99. The Kier molecular flexibility index (Phi) is 39.4. The van der Waals surface area contributed by atoms with E-state index in [0.29, 0.717) is 26.4 Å². The minimum absolute atomic E-state index is 0.293. The van der Waals surface area contributed by atoms with Gasteiger partial charge in [-0.25, -0.2) is 9.59 Å². The molecular formula is C66H84O9S. The molecule has 4 aromatic carbocycles. The first kappa shape index (κ1) is 67.3. The van der Waals surface area contributed by atoms with E-state index in [1.165, 1.54) is 83.4 Å². The minimum atomic E-state index is -0.410. The number of unbranched alkanes of at least 4 members (excludes halogenated alkanes) is 6. The normalized spacial score (nSPS) is 9.61. The van der Waals surface area contributed by atoms with Crippen molar-refractivity contribution >= 4 is 23.3 Å². The minimum Gasteiger partial charge on any atom is -0.460 e. The monoisotopic (exact) mass is 1050 g/mol. The Balaban J connectivity index is 0.000000487. The summed E-state index contributed by atoms with van der Waals surface area (Å²) in [5.41, 5.74) is 9.32. The average molecular weight is 1050 g/mol. The number of aryl methyl sites for hydroxylation is 2. The van der Waals surface area contributed by atoms with E-state index < -0.39 is 11.9 Å². The van der Waals surface area contributed by atoms with E-state index in [0.717, 1.165) is 59.1 Å². The van der Waals surface area contributed by atoms with Crippen molar-refractivity contribution in [2.75, 3.05) is 68.1 Å². The molecule has 0 N–H and O–H groups in total. The van der Waals surface area contributed by atoms with Crippen molar-refractivity contribution < 1.29 is 42.4 Å². The molecule has 2 heterocycles. The Hall–Kier alpha value is -6.76. The number of hydrogen-bond donors (Lipinski definition) is 0. The summed E-state index contributed by atoms with van der Waals surface area (Å²) >= 11 is 1.83. The van der Waals surface area contributed by atoms with Crippen LogP contribution in [0, 0.1) is 37.5 Å². The summed E-state index contributed by atoms with van der Waals surface area (Å²) in [6.07, 6.45) is 12.7. The SMILES string of the molecule is C=CC(=O)OCCOC.C=CC(=O)OCCOC.CC#Cc1ccc(-c2ccc(-c3ccc(C)cc3)o2)cc1.CC#Cc1ccc(-c2ccc(-c3ccc(C)cc3)s2)cc1.CCCCCCOC.CCCCCCOC. The van der Waals surface area contributed by atoms with Crippen LogP contribution in [0.2, 0.25) is 0 Å². The number of carbonyl (C=O) groups is 2. The highest BCUT2D eigenvalue weighted by atomic mass is 32.1. The standard InChI is InChI=1S/C20H16O.C20H16S.2C7H16O.2C6H10O3/c2*1-3-4-16-7-11-18(12-8-16)20-14-13-19(21-20)17-9-5-15(2)6-10-17;2*1-3-4-5-6-7-8-2;2*1-3-6(7)9-5-4-8-2/h2*5-14H,1-2H3;2*3-7H2,1-2H3;2*3H,1,4-5H2,2H3. The van der Waals surface area contributed by atoms with Crippen LogP contribution in [0.25, 0.3) is 43.5 Å². The molecule has 0 bridgehead atoms. The predicted molar refractivity (Wildman–Crippen MR) is 317 cm³/mol. The molecule has 0 amide bonds. The number of thiophene rings is 1. The van der Waals surface area contributed by atoms with E-state index in [-0.39, 0.29) is 0 Å². The molecule has 0 saturated heterocycles. The van der Waals surface area contributed by atoms with E-state index in [1.807, 2.05) is 61.6 Å². The van der Waals surface area contributed by atoms with Gasteiger partial charge < -0.3 is 32.8 Å². The molecular weight excluding hydrogens is 969 g/mol. The van der Waals surface area contributed by atoms with Gasteiger partial charge in [-0.15, -0.1) is 23.2 Å². The van der Waals surface area contributed by atoms with Crippen molar-refractivity contribution in [2.45, 2.75) is 92.9 Å². The van der Waals surface area contributed by atoms with Gasteiger partial charge in [0.2, 0.25) is 0 Å². The van der Waals surface area contributed by atoms with Crippen LogP contribution in [0.1, 0.15) is 101 Å². The highest BCUT2D eigenvalue weighted by Gasteiger charge is 2.08. The highest BCUT2D eigenvalue weighted by Crippen LogP contribution is 2.35. The van der Waals surface area contributed by atoms with Gasteiger partial charge in [0.25, 0.3) is 0 Å². The molecule has 9 nitrogen and oxygen atoms in total. The lowest BCUT2D eigenvalue weighted by atomic mass is 10.1. The summed E-state index contributed by atoms with van der Waals surface area (Å²) in [5, 5.41) is 0. The topological polar surface area (TPSA) is 103 Å². The van der Waals surface area contributed by atoms with Gasteiger partial charge in [0.1, 0.15) is 24.7 Å². The Morgan fingerprint density at radius 3 is 1.13 bits per heavy atom. The van der Waals surface area contributed by atoms with Crippen LogP contribution in [-0.4, -0.2) is 80.0 Å². The van der Waals surface area contributed by atoms with Crippen LogP contribution in [-0.2, 0) is 38.0 Å². The zero-order chi connectivity index (χ0) is 56.0. The number of ether oxygens (including phenoxy) is 6. The molecule has 0 aliphatic rings. The largest absolute Gasteiger partial charge is 0.460 e. The van der Waals surface area contributed by atoms with Crippen LogP contribution in [0.5, 0.6) is 0 Å². The number of esters is 2. The van der Waals surface area contributed by atoms with Crippen LogP contribution in [0.3, 0.4) is 0 Å². The van der Waals surface area contributed by atoms with E-state index in [9.17, 15) is 9.59 Å². The predicted octanol–water partition coefficient (Wildman–Crippen LogP) is 16.2. The molecule has 0 spiro atoms. The number of furan rings is 1. The first-order valence-corrected chi connectivity index (χ1v) is 26.7. The maximum absolute atomic E-state index is 10.3. The van der Waals surface area contributed by atoms with Gasteiger partial charge in [0, 0.05) is 85.8 Å². The molecule has 76 heavy (non-hydrogen) atoms. The summed E-state index contributed by atoms with van der Waals surface area (Å²) in [4.78, 5) is 23.2. The van der Waals surface area contributed by atoms with Gasteiger partial charge in [-0.05, 0) is 100 Å². The zero-order valence-electron chi connectivity index (χ0n) is 47.1. The summed E-state index contributed by atoms with van der Waals surface area (Å²) in [6, 6.07) is 42.0. The number of hydrogen-bond acceptors (Lipinski definition) is 10. The van der Waals surface area contributed by atoms with Gasteiger partial charge in [-0.3, -0.25) is 0 Å². The van der Waals surface area contributed by atoms with Gasteiger partial charge in [0.05, 0.1) is 13.2 Å². The molecule has 0 unspecified atom stereocenters. The lowest BCUT2D eigenvalue weighted by molar-refractivity contribution is -0.139. The van der Waals surface area contributed by atoms with Gasteiger partial charge in [-0.2, -0.15) is 0 Å². The fourth-order valence-corrected chi connectivity index (χ4v) is 7.39. The molecule has 0 aliphatic heterocycles. The number of benzene rings is 4. The average Bonchev–Trinajstić information content (AvgIpc) is 4.15. The van der Waals surface area contributed by atoms with Crippen molar-refractivity contribution in [2.24, 2.45) is 0 Å². The number of methoxy groups -OCH3 is 4. The van der Waals surface area contributed by atoms with E-state index in [2.05, 4.69) is 168 Å². The fourth-order valence-electron chi connectivity index (χ4n) is 6.37. The molecule has 0 radical (unpaired) electrons. The first-order chi connectivity index (χ1) is 37.0.